The second kappa shape index (κ2) is 6.76. The van der Waals surface area contributed by atoms with Crippen molar-refractivity contribution in [3.8, 4) is 0 Å². The van der Waals surface area contributed by atoms with Crippen LogP contribution in [0.2, 0.25) is 10.0 Å². The lowest BCUT2D eigenvalue weighted by Gasteiger charge is -2.03. The van der Waals surface area contributed by atoms with E-state index < -0.39 is 10.9 Å². The van der Waals surface area contributed by atoms with Crippen LogP contribution in [-0.2, 0) is 11.3 Å². The van der Waals surface area contributed by atoms with Gasteiger partial charge in [-0.1, -0.05) is 29.3 Å². The van der Waals surface area contributed by atoms with E-state index in [1.165, 1.54) is 35.6 Å². The van der Waals surface area contributed by atoms with E-state index in [4.69, 9.17) is 27.9 Å². The maximum absolute atomic E-state index is 12.2. The van der Waals surface area contributed by atoms with E-state index >= 15 is 0 Å². The monoisotopic (exact) mass is 381 g/mol. The van der Waals surface area contributed by atoms with Crippen LogP contribution >= 0.6 is 34.5 Å². The van der Waals surface area contributed by atoms with E-state index in [1.807, 2.05) is 0 Å². The number of nitro benzene ring substituents is 1. The molecule has 0 atom stereocenters. The molecule has 24 heavy (non-hydrogen) atoms. The highest BCUT2D eigenvalue weighted by Gasteiger charge is 2.19. The lowest BCUT2D eigenvalue weighted by Crippen LogP contribution is -2.03. The van der Waals surface area contributed by atoms with Crippen LogP contribution in [0.3, 0.4) is 0 Å². The van der Waals surface area contributed by atoms with Crippen LogP contribution in [-0.4, -0.2) is 10.9 Å². The highest BCUT2D eigenvalue weighted by atomic mass is 35.5. The molecule has 0 aliphatic rings. The molecule has 0 aliphatic carbocycles. The van der Waals surface area contributed by atoms with Crippen LogP contribution < -0.4 is 0 Å². The summed E-state index contributed by atoms with van der Waals surface area (Å²) in [6, 6.07) is 11.0. The summed E-state index contributed by atoms with van der Waals surface area (Å²) < 4.78 is 6.04. The summed E-state index contributed by atoms with van der Waals surface area (Å²) in [5.41, 5.74) is 0.628. The summed E-state index contributed by atoms with van der Waals surface area (Å²) in [6.45, 7) is 0.00214. The topological polar surface area (TPSA) is 69.4 Å². The Balaban J connectivity index is 1.75. The molecular weight excluding hydrogens is 373 g/mol. The molecule has 0 radical (unpaired) electrons. The van der Waals surface area contributed by atoms with Crippen molar-refractivity contribution in [2.24, 2.45) is 0 Å². The fourth-order valence-corrected chi connectivity index (χ4v) is 3.78. The number of esters is 1. The van der Waals surface area contributed by atoms with Gasteiger partial charge < -0.3 is 4.74 Å². The minimum Gasteiger partial charge on any atom is -0.457 e. The van der Waals surface area contributed by atoms with Crippen molar-refractivity contribution in [1.82, 2.24) is 0 Å². The van der Waals surface area contributed by atoms with Crippen molar-refractivity contribution < 1.29 is 14.5 Å². The molecule has 0 aliphatic heterocycles. The molecule has 0 saturated carbocycles. The van der Waals surface area contributed by atoms with Crippen LogP contribution in [0.5, 0.6) is 0 Å². The molecular formula is C16H9Cl2NO4S. The summed E-state index contributed by atoms with van der Waals surface area (Å²) in [5, 5.41) is 12.2. The Morgan fingerprint density at radius 1 is 1.17 bits per heavy atom. The maximum Gasteiger partial charge on any atom is 0.350 e. The van der Waals surface area contributed by atoms with E-state index in [-0.39, 0.29) is 12.3 Å². The zero-order valence-electron chi connectivity index (χ0n) is 12.0. The number of ether oxygens (including phenoxy) is 1. The lowest BCUT2D eigenvalue weighted by molar-refractivity contribution is -0.384. The SMILES string of the molecule is O=C(OCc1ccc([N+](=O)[O-])cc1)c1sc2cc(Cl)ccc2c1Cl. The van der Waals surface area contributed by atoms with Crippen LogP contribution in [0.4, 0.5) is 5.69 Å². The Morgan fingerprint density at radius 2 is 1.88 bits per heavy atom. The summed E-state index contributed by atoms with van der Waals surface area (Å²) in [7, 11) is 0. The Morgan fingerprint density at radius 3 is 2.54 bits per heavy atom. The summed E-state index contributed by atoms with van der Waals surface area (Å²) >= 11 is 13.4. The third kappa shape index (κ3) is 3.36. The van der Waals surface area contributed by atoms with Gasteiger partial charge in [0.25, 0.3) is 5.69 Å². The molecule has 0 amide bonds. The molecule has 0 saturated heterocycles. The van der Waals surface area contributed by atoms with Crippen molar-refractivity contribution in [3.05, 3.63) is 73.1 Å². The highest BCUT2D eigenvalue weighted by molar-refractivity contribution is 7.21. The van der Waals surface area contributed by atoms with Gasteiger partial charge in [-0.15, -0.1) is 11.3 Å². The Hall–Kier alpha value is -2.15. The molecule has 0 fully saturated rings. The molecule has 2 aromatic carbocycles. The number of hydrogen-bond donors (Lipinski definition) is 0. The summed E-state index contributed by atoms with van der Waals surface area (Å²) in [5.74, 6) is -0.546. The maximum atomic E-state index is 12.2. The van der Waals surface area contributed by atoms with Gasteiger partial charge in [0.2, 0.25) is 0 Å². The average molecular weight is 382 g/mol. The van der Waals surface area contributed by atoms with Gasteiger partial charge >= 0.3 is 5.97 Å². The largest absolute Gasteiger partial charge is 0.457 e. The average Bonchev–Trinajstić information content (AvgIpc) is 2.89. The molecule has 3 rings (SSSR count). The third-order valence-corrected chi connectivity index (χ3v) is 5.17. The predicted molar refractivity (Wildman–Crippen MR) is 94.1 cm³/mol. The number of carbonyl (C=O) groups is 1. The van der Waals surface area contributed by atoms with Crippen molar-refractivity contribution in [1.29, 1.82) is 0 Å². The van der Waals surface area contributed by atoms with E-state index in [1.54, 1.807) is 18.2 Å². The first-order valence-corrected chi connectivity index (χ1v) is 8.31. The molecule has 0 spiro atoms. The zero-order chi connectivity index (χ0) is 17.3. The van der Waals surface area contributed by atoms with Gasteiger partial charge in [-0.2, -0.15) is 0 Å². The predicted octanol–water partition coefficient (Wildman–Crippen LogP) is 5.47. The summed E-state index contributed by atoms with van der Waals surface area (Å²) in [4.78, 5) is 22.7. The molecule has 1 heterocycles. The molecule has 1 aromatic heterocycles. The van der Waals surface area contributed by atoms with Gasteiger partial charge in [-0.25, -0.2) is 4.79 Å². The Kier molecular flexibility index (Phi) is 4.71. The standard InChI is InChI=1S/C16H9Cl2NO4S/c17-10-3-6-12-13(7-10)24-15(14(12)18)16(20)23-8-9-1-4-11(5-2-9)19(21)22/h1-7H,8H2. The van der Waals surface area contributed by atoms with Crippen molar-refractivity contribution >= 4 is 56.3 Å². The molecule has 0 N–H and O–H groups in total. The van der Waals surface area contributed by atoms with E-state index in [0.29, 0.717) is 20.5 Å². The number of benzene rings is 2. The number of non-ortho nitro benzene ring substituents is 1. The quantitative estimate of drug-likeness (QED) is 0.341. The van der Waals surface area contributed by atoms with E-state index in [0.717, 1.165) is 10.1 Å². The first-order chi connectivity index (χ1) is 11.5. The molecule has 0 bridgehead atoms. The minimum absolute atomic E-state index is 0.00214. The van der Waals surface area contributed by atoms with Crippen molar-refractivity contribution in [3.63, 3.8) is 0 Å². The number of halogens is 2. The molecule has 122 valence electrons. The molecule has 0 unspecified atom stereocenters. The second-order valence-electron chi connectivity index (χ2n) is 4.89. The number of nitro groups is 1. The van der Waals surface area contributed by atoms with Gasteiger partial charge in [0.1, 0.15) is 11.5 Å². The molecule has 8 heteroatoms. The van der Waals surface area contributed by atoms with E-state index in [9.17, 15) is 14.9 Å². The smallest absolute Gasteiger partial charge is 0.350 e. The Labute approximate surface area is 150 Å². The summed E-state index contributed by atoms with van der Waals surface area (Å²) in [6.07, 6.45) is 0. The van der Waals surface area contributed by atoms with Crippen LogP contribution in [0.15, 0.2) is 42.5 Å². The van der Waals surface area contributed by atoms with E-state index in [2.05, 4.69) is 0 Å². The van der Waals surface area contributed by atoms with Gasteiger partial charge in [-0.05, 0) is 29.8 Å². The van der Waals surface area contributed by atoms with Gasteiger partial charge in [0.15, 0.2) is 0 Å². The van der Waals surface area contributed by atoms with Crippen LogP contribution in [0.25, 0.3) is 10.1 Å². The molecule has 5 nitrogen and oxygen atoms in total. The highest BCUT2D eigenvalue weighted by Crippen LogP contribution is 2.37. The van der Waals surface area contributed by atoms with Gasteiger partial charge in [0.05, 0.1) is 9.95 Å². The number of hydrogen-bond acceptors (Lipinski definition) is 5. The number of nitrogens with zero attached hydrogens (tertiary/aromatic N) is 1. The Bertz CT molecular complexity index is 937. The number of carbonyl (C=O) groups excluding carboxylic acids is 1. The fraction of sp³-hybridized carbons (Fsp3) is 0.0625. The lowest BCUT2D eigenvalue weighted by atomic mass is 10.2. The number of thiophene rings is 1. The minimum atomic E-state index is -0.546. The molecule has 3 aromatic rings. The number of fused-ring (bicyclic) bond motifs is 1. The van der Waals surface area contributed by atoms with Crippen LogP contribution in [0.1, 0.15) is 15.2 Å². The van der Waals surface area contributed by atoms with Gasteiger partial charge in [-0.3, -0.25) is 10.1 Å². The first kappa shape index (κ1) is 16.7. The number of rotatable bonds is 4. The zero-order valence-corrected chi connectivity index (χ0v) is 14.3. The normalized spacial score (nSPS) is 10.8. The van der Waals surface area contributed by atoms with Gasteiger partial charge in [0, 0.05) is 27.2 Å². The van der Waals surface area contributed by atoms with Crippen LogP contribution in [0, 0.1) is 10.1 Å². The second-order valence-corrected chi connectivity index (χ2v) is 6.75. The third-order valence-electron chi connectivity index (χ3n) is 3.29. The van der Waals surface area contributed by atoms with Crippen molar-refractivity contribution in [2.45, 2.75) is 6.61 Å². The fourth-order valence-electron chi connectivity index (χ4n) is 2.10. The first-order valence-electron chi connectivity index (χ1n) is 6.73. The van der Waals surface area contributed by atoms with Crippen molar-refractivity contribution in [2.75, 3.05) is 0 Å².